The van der Waals surface area contributed by atoms with Gasteiger partial charge in [0.2, 0.25) is 11.8 Å². The average molecular weight is 556 g/mol. The number of amides is 3. The summed E-state index contributed by atoms with van der Waals surface area (Å²) in [5.74, 6) is -2.27. The maximum atomic E-state index is 14.0. The summed E-state index contributed by atoms with van der Waals surface area (Å²) in [6.45, 7) is 4.60. The van der Waals surface area contributed by atoms with Crippen LogP contribution in [0.2, 0.25) is 0 Å². The van der Waals surface area contributed by atoms with Crippen LogP contribution in [0.25, 0.3) is 4.91 Å². The molecule has 3 heterocycles. The van der Waals surface area contributed by atoms with Crippen molar-refractivity contribution >= 4 is 34.6 Å². The first-order chi connectivity index (χ1) is 18.6. The topological polar surface area (TPSA) is 133 Å². The highest BCUT2D eigenvalue weighted by molar-refractivity contribution is 8.09. The molecule has 10 nitrogen and oxygen atoms in total. The number of aliphatic carboxylic acids is 1. The van der Waals surface area contributed by atoms with Crippen LogP contribution in [0.4, 0.5) is 4.79 Å². The molecule has 208 valence electrons. The fourth-order valence-electron chi connectivity index (χ4n) is 5.55. The van der Waals surface area contributed by atoms with Crippen molar-refractivity contribution in [1.29, 1.82) is 0 Å². The van der Waals surface area contributed by atoms with E-state index in [1.165, 1.54) is 38.1 Å². The lowest BCUT2D eigenvalue weighted by Gasteiger charge is -2.47. The number of thioether (sulfide) groups is 1. The molecular weight excluding hydrogens is 522 g/mol. The van der Waals surface area contributed by atoms with Crippen molar-refractivity contribution in [1.82, 2.24) is 14.8 Å². The van der Waals surface area contributed by atoms with Crippen molar-refractivity contribution in [3.8, 4) is 0 Å². The summed E-state index contributed by atoms with van der Waals surface area (Å²) in [7, 11) is 0. The van der Waals surface area contributed by atoms with Gasteiger partial charge in [-0.1, -0.05) is 42.1 Å². The Hall–Kier alpha value is -3.15. The van der Waals surface area contributed by atoms with Gasteiger partial charge in [0.15, 0.2) is 0 Å². The second-order valence-electron chi connectivity index (χ2n) is 10.8. The molecule has 3 aliphatic rings. The molecule has 2 unspecified atom stereocenters. The van der Waals surface area contributed by atoms with Gasteiger partial charge in [-0.3, -0.25) is 4.79 Å². The predicted octanol–water partition coefficient (Wildman–Crippen LogP) is 4.28. The second-order valence-corrected chi connectivity index (χ2v) is 11.9. The second kappa shape index (κ2) is 10.8. The number of carbonyl (C=O) groups excluding carboxylic acids is 2. The number of benzene rings is 1. The highest BCUT2D eigenvalue weighted by Gasteiger charge is 2.57. The molecule has 1 aromatic carbocycles. The number of aliphatic hydroxyl groups excluding tert-OH is 1. The number of ether oxygens (including phenoxy) is 1. The van der Waals surface area contributed by atoms with E-state index in [-0.39, 0.29) is 12.6 Å². The molecule has 39 heavy (non-hydrogen) atoms. The number of carbonyl (C=O) groups is 3. The third-order valence-corrected chi connectivity index (χ3v) is 9.28. The number of aliphatic hydroxyl groups is 1. The molecule has 2 fully saturated rings. The quantitative estimate of drug-likeness (QED) is 0.489. The first-order valence-electron chi connectivity index (χ1n) is 13.1. The smallest absolute Gasteiger partial charge is 0.329 e. The van der Waals surface area contributed by atoms with E-state index in [4.69, 9.17) is 9.15 Å². The van der Waals surface area contributed by atoms with Crippen LogP contribution in [-0.4, -0.2) is 72.6 Å². The van der Waals surface area contributed by atoms with Crippen LogP contribution in [-0.2, 0) is 14.3 Å². The molecule has 2 aliphatic heterocycles. The molecule has 5 rings (SSSR count). The third kappa shape index (κ3) is 5.10. The minimum Gasteiger partial charge on any atom is -0.480 e. The van der Waals surface area contributed by atoms with Crippen LogP contribution in [0.5, 0.6) is 0 Å². The van der Waals surface area contributed by atoms with E-state index in [9.17, 15) is 24.6 Å². The van der Waals surface area contributed by atoms with E-state index in [0.717, 1.165) is 29.7 Å². The van der Waals surface area contributed by atoms with Crippen molar-refractivity contribution in [3.63, 3.8) is 0 Å². The highest BCUT2D eigenvalue weighted by Crippen LogP contribution is 2.52. The van der Waals surface area contributed by atoms with Crippen molar-refractivity contribution < 1.29 is 33.8 Å². The van der Waals surface area contributed by atoms with Crippen molar-refractivity contribution in [2.75, 3.05) is 6.54 Å². The number of oxazole rings is 1. The van der Waals surface area contributed by atoms with Crippen LogP contribution in [0, 0.1) is 5.92 Å². The lowest BCUT2D eigenvalue weighted by Crippen LogP contribution is -2.67. The number of carboxylic acids is 1. The van der Waals surface area contributed by atoms with Crippen molar-refractivity contribution in [2.45, 2.75) is 75.7 Å². The van der Waals surface area contributed by atoms with Crippen LogP contribution < -0.4 is 0 Å². The summed E-state index contributed by atoms with van der Waals surface area (Å²) in [4.78, 5) is 47.4. The number of rotatable bonds is 8. The highest BCUT2D eigenvalue weighted by atomic mass is 32.2. The lowest BCUT2D eigenvalue weighted by molar-refractivity contribution is -0.158. The first-order valence-corrected chi connectivity index (χ1v) is 14.0. The van der Waals surface area contributed by atoms with Gasteiger partial charge in [-0.2, -0.15) is 0 Å². The Morgan fingerprint density at radius 3 is 2.64 bits per heavy atom. The Morgan fingerprint density at radius 1 is 1.26 bits per heavy atom. The molecule has 2 aromatic rings. The standard InChI is InChI=1S/C28H33N3O7S/c1-16-21-24(33)31(28(2,3)26(34)35)27(36)30(25(21)39-22(16)23-29-12-13-37-23)15-20(17-8-5-4-6-9-17)38-19-11-7-10-18(32)14-19/h4-6,8-9,12-13,18-21,25,32H,7,10-11,14-15H2,1-3H3,(H,34,35)/t18-,19-,20-,21?,25?/m0/s1. The third-order valence-electron chi connectivity index (χ3n) is 7.78. The first kappa shape index (κ1) is 27.4. The minimum absolute atomic E-state index is 0.0925. The molecule has 1 aromatic heterocycles. The monoisotopic (exact) mass is 555 g/mol. The minimum atomic E-state index is -1.77. The predicted molar refractivity (Wildman–Crippen MR) is 143 cm³/mol. The van der Waals surface area contributed by atoms with E-state index < -0.39 is 46.9 Å². The van der Waals surface area contributed by atoms with Crippen LogP contribution in [0.15, 0.2) is 52.8 Å². The Bertz CT molecular complexity index is 1260. The number of nitrogens with zero attached hydrogens (tertiary/aromatic N) is 3. The van der Waals surface area contributed by atoms with Crippen molar-refractivity contribution in [2.24, 2.45) is 5.92 Å². The Kier molecular flexibility index (Phi) is 7.58. The van der Waals surface area contributed by atoms with Crippen molar-refractivity contribution in [3.05, 3.63) is 59.8 Å². The molecule has 3 amide bonds. The average Bonchev–Trinajstić information content (AvgIpc) is 3.54. The van der Waals surface area contributed by atoms with Gasteiger partial charge >= 0.3 is 12.0 Å². The summed E-state index contributed by atoms with van der Waals surface area (Å²) < 4.78 is 12.1. The van der Waals surface area contributed by atoms with Gasteiger partial charge < -0.3 is 24.3 Å². The molecule has 11 heteroatoms. The van der Waals surface area contributed by atoms with E-state index in [0.29, 0.717) is 22.8 Å². The summed E-state index contributed by atoms with van der Waals surface area (Å²) in [5.41, 5.74) is -0.248. The molecular formula is C28H33N3O7S. The summed E-state index contributed by atoms with van der Waals surface area (Å²) in [5, 5.41) is 19.6. The van der Waals surface area contributed by atoms with Gasteiger partial charge in [0.05, 0.1) is 41.1 Å². The van der Waals surface area contributed by atoms with Gasteiger partial charge in [0.1, 0.15) is 17.9 Å². The number of hydrogen-bond acceptors (Lipinski definition) is 8. The van der Waals surface area contributed by atoms with Gasteiger partial charge in [0.25, 0.3) is 0 Å². The molecule has 1 saturated carbocycles. The fourth-order valence-corrected chi connectivity index (χ4v) is 7.07. The van der Waals surface area contributed by atoms with E-state index in [1.54, 1.807) is 11.8 Å². The molecule has 0 bridgehead atoms. The number of aromatic nitrogens is 1. The van der Waals surface area contributed by atoms with Crippen LogP contribution in [0.3, 0.4) is 0 Å². The SMILES string of the molecule is CC1=C(c2ncco2)SC2C1C(=O)N(C(C)(C)C(=O)O)C(=O)N2C[C@H](O[C@H]1CCC[C@H](O)C1)c1ccccc1. The zero-order valence-corrected chi connectivity index (χ0v) is 23.0. The number of fused-ring (bicyclic) bond motifs is 1. The number of carboxylic acid groups (broad SMARTS) is 1. The summed E-state index contributed by atoms with van der Waals surface area (Å²) in [6, 6.07) is 8.83. The maximum Gasteiger partial charge on any atom is 0.329 e. The number of imide groups is 1. The number of hydrogen-bond donors (Lipinski definition) is 2. The fraction of sp³-hybridized carbons (Fsp3) is 0.500. The zero-order chi connectivity index (χ0) is 27.9. The van der Waals surface area contributed by atoms with Crippen LogP contribution in [0.1, 0.15) is 64.0 Å². The Morgan fingerprint density at radius 2 is 2.00 bits per heavy atom. The molecule has 0 radical (unpaired) electrons. The van der Waals surface area contributed by atoms with Gasteiger partial charge in [0, 0.05) is 0 Å². The Balaban J connectivity index is 1.53. The molecule has 1 aliphatic carbocycles. The van der Waals surface area contributed by atoms with E-state index >= 15 is 0 Å². The largest absolute Gasteiger partial charge is 0.480 e. The van der Waals surface area contributed by atoms with E-state index in [1.807, 2.05) is 30.3 Å². The molecule has 2 N–H and O–H groups in total. The normalized spacial score (nSPS) is 26.7. The van der Waals surface area contributed by atoms with Gasteiger partial charge in [-0.05, 0) is 57.6 Å². The summed E-state index contributed by atoms with van der Waals surface area (Å²) >= 11 is 1.32. The Labute approximate surface area is 231 Å². The molecule has 0 spiro atoms. The van der Waals surface area contributed by atoms with Gasteiger partial charge in [-0.15, -0.1) is 0 Å². The zero-order valence-electron chi connectivity index (χ0n) is 22.1. The van der Waals surface area contributed by atoms with Crippen LogP contribution >= 0.6 is 11.8 Å². The summed E-state index contributed by atoms with van der Waals surface area (Å²) in [6.07, 6.45) is 4.64. The molecule has 5 atom stereocenters. The maximum absolute atomic E-state index is 14.0. The molecule has 1 saturated heterocycles. The lowest BCUT2D eigenvalue weighted by atomic mass is 9.91. The van der Waals surface area contributed by atoms with Gasteiger partial charge in [-0.25, -0.2) is 19.5 Å². The number of urea groups is 1. The van der Waals surface area contributed by atoms with E-state index in [2.05, 4.69) is 4.98 Å².